The van der Waals surface area contributed by atoms with Crippen LogP contribution in [0.4, 0.5) is 27.5 Å². The second kappa shape index (κ2) is 7.74. The van der Waals surface area contributed by atoms with Crippen LogP contribution in [0.25, 0.3) is 5.65 Å². The molecule has 9 nitrogen and oxygen atoms in total. The van der Waals surface area contributed by atoms with Gasteiger partial charge in [0.15, 0.2) is 11.5 Å². The number of fused-ring (bicyclic) bond motifs is 2. The van der Waals surface area contributed by atoms with Gasteiger partial charge < -0.3 is 20.6 Å². The van der Waals surface area contributed by atoms with E-state index in [1.165, 1.54) is 12.1 Å². The van der Waals surface area contributed by atoms with E-state index >= 15 is 0 Å². The van der Waals surface area contributed by atoms with Gasteiger partial charge in [0.1, 0.15) is 5.82 Å². The number of nitrogens with one attached hydrogen (secondary N) is 2. The molecule has 178 valence electrons. The third kappa shape index (κ3) is 3.57. The molecule has 6 rings (SSSR count). The summed E-state index contributed by atoms with van der Waals surface area (Å²) < 4.78 is 15.5. The molecule has 1 saturated heterocycles. The van der Waals surface area contributed by atoms with E-state index in [1.54, 1.807) is 23.0 Å². The van der Waals surface area contributed by atoms with E-state index in [4.69, 9.17) is 0 Å². The molecule has 2 aromatic heterocycles. The maximum absolute atomic E-state index is 13.9. The first kappa shape index (κ1) is 21.5. The van der Waals surface area contributed by atoms with Crippen LogP contribution in [-0.4, -0.2) is 43.2 Å². The smallest absolute Gasteiger partial charge is 0.247 e. The molecular formula is C25H24FN7O2. The molecule has 10 heteroatoms. The average Bonchev–Trinajstić information content (AvgIpc) is 3.47. The summed E-state index contributed by atoms with van der Waals surface area (Å²) in [6.07, 6.45) is 3.22. The molecule has 0 spiro atoms. The van der Waals surface area contributed by atoms with Crippen molar-refractivity contribution in [2.45, 2.75) is 37.8 Å². The average molecular weight is 474 g/mol. The maximum Gasteiger partial charge on any atom is 0.247 e. The van der Waals surface area contributed by atoms with Gasteiger partial charge in [-0.1, -0.05) is 18.2 Å². The second-order valence-corrected chi connectivity index (χ2v) is 9.53. The lowest BCUT2D eigenvalue weighted by Crippen LogP contribution is -2.26. The minimum Gasteiger partial charge on any atom is -0.391 e. The summed E-state index contributed by atoms with van der Waals surface area (Å²) in [7, 11) is 0. The number of β-amino-alcohol motifs (C(OH)–C–C–N with tert-alkyl or cyclic N) is 1. The lowest BCUT2D eigenvalue weighted by Gasteiger charge is -2.25. The number of amides is 1. The molecule has 2 atom stereocenters. The monoisotopic (exact) mass is 473 g/mol. The van der Waals surface area contributed by atoms with E-state index in [2.05, 4.69) is 25.7 Å². The highest BCUT2D eigenvalue weighted by atomic mass is 19.1. The number of aliphatic hydroxyl groups is 1. The second-order valence-electron chi connectivity index (χ2n) is 9.53. The Morgan fingerprint density at radius 2 is 2.09 bits per heavy atom. The van der Waals surface area contributed by atoms with Crippen LogP contribution in [0.5, 0.6) is 0 Å². The predicted octanol–water partition coefficient (Wildman–Crippen LogP) is 3.55. The number of rotatable bonds is 4. The standard InChI is InChI=1S/C25H24FN7O2/c1-25(2)18-7-6-16(11-19(18)29-23(25)35)28-24-30-22-21(27-8-9-33(22)31-24)32-13-17(34)12-20(32)14-4-3-5-15(26)10-14/h3-11,17,20,34H,12-13H2,1-2H3,(H,28,31)(H,29,35). The zero-order chi connectivity index (χ0) is 24.3. The summed E-state index contributed by atoms with van der Waals surface area (Å²) in [6, 6.07) is 11.8. The summed E-state index contributed by atoms with van der Waals surface area (Å²) in [5.41, 5.74) is 3.15. The van der Waals surface area contributed by atoms with E-state index in [0.717, 1.165) is 22.5 Å². The summed E-state index contributed by atoms with van der Waals surface area (Å²) in [6.45, 7) is 4.14. The molecule has 2 aromatic carbocycles. The summed E-state index contributed by atoms with van der Waals surface area (Å²) in [4.78, 5) is 23.4. The number of anilines is 4. The third-order valence-electron chi connectivity index (χ3n) is 6.79. The normalized spacial score (nSPS) is 20.8. The highest BCUT2D eigenvalue weighted by Gasteiger charge is 2.38. The van der Waals surface area contributed by atoms with Crippen LogP contribution in [0, 0.1) is 5.82 Å². The van der Waals surface area contributed by atoms with Gasteiger partial charge in [-0.05, 0) is 55.7 Å². The lowest BCUT2D eigenvalue weighted by atomic mass is 9.86. The molecule has 2 aliphatic rings. The molecule has 1 fully saturated rings. The molecule has 3 N–H and O–H groups in total. The Morgan fingerprint density at radius 1 is 1.23 bits per heavy atom. The number of halogens is 1. The highest BCUT2D eigenvalue weighted by Crippen LogP contribution is 2.39. The molecule has 1 amide bonds. The molecule has 35 heavy (non-hydrogen) atoms. The van der Waals surface area contributed by atoms with Gasteiger partial charge in [0.2, 0.25) is 11.9 Å². The van der Waals surface area contributed by atoms with E-state index in [-0.39, 0.29) is 17.8 Å². The number of carbonyl (C=O) groups excluding carboxylic acids is 1. The van der Waals surface area contributed by atoms with Gasteiger partial charge in [0, 0.05) is 30.3 Å². The molecule has 0 radical (unpaired) electrons. The van der Waals surface area contributed by atoms with E-state index in [0.29, 0.717) is 30.4 Å². The fourth-order valence-corrected chi connectivity index (χ4v) is 4.94. The van der Waals surface area contributed by atoms with E-state index in [9.17, 15) is 14.3 Å². The van der Waals surface area contributed by atoms with Crippen LogP contribution < -0.4 is 15.5 Å². The van der Waals surface area contributed by atoms with Crippen molar-refractivity contribution >= 4 is 34.7 Å². The molecule has 0 aliphatic carbocycles. The van der Waals surface area contributed by atoms with Gasteiger partial charge in [0.25, 0.3) is 0 Å². The van der Waals surface area contributed by atoms with Crippen molar-refractivity contribution in [1.82, 2.24) is 19.6 Å². The van der Waals surface area contributed by atoms with Crippen molar-refractivity contribution in [3.63, 3.8) is 0 Å². The third-order valence-corrected chi connectivity index (χ3v) is 6.79. The van der Waals surface area contributed by atoms with Crippen molar-refractivity contribution in [2.75, 3.05) is 22.1 Å². The highest BCUT2D eigenvalue weighted by molar-refractivity contribution is 6.06. The fraction of sp³-hybridized carbons (Fsp3) is 0.280. The zero-order valence-electron chi connectivity index (χ0n) is 19.2. The minimum atomic E-state index is -0.575. The molecule has 4 aromatic rings. The number of hydrogen-bond donors (Lipinski definition) is 3. The topological polar surface area (TPSA) is 108 Å². The molecule has 0 saturated carbocycles. The van der Waals surface area contributed by atoms with Crippen LogP contribution in [0.2, 0.25) is 0 Å². The van der Waals surface area contributed by atoms with Crippen LogP contribution in [0.1, 0.15) is 37.4 Å². The summed E-state index contributed by atoms with van der Waals surface area (Å²) in [5.74, 6) is 0.566. The van der Waals surface area contributed by atoms with Crippen LogP contribution >= 0.6 is 0 Å². The van der Waals surface area contributed by atoms with Gasteiger partial charge in [-0.15, -0.1) is 5.10 Å². The number of aromatic nitrogens is 4. The molecular weight excluding hydrogens is 449 g/mol. The van der Waals surface area contributed by atoms with Gasteiger partial charge >= 0.3 is 0 Å². The minimum absolute atomic E-state index is 0.0353. The SMILES string of the molecule is CC1(C)C(=O)Nc2cc(Nc3nc4c(N5CC(O)CC5c5cccc(F)c5)nccn4n3)ccc21. The lowest BCUT2D eigenvalue weighted by molar-refractivity contribution is -0.119. The van der Waals surface area contributed by atoms with Gasteiger partial charge in [-0.25, -0.2) is 13.9 Å². The molecule has 4 heterocycles. The molecule has 2 aliphatic heterocycles. The number of aliphatic hydroxyl groups excluding tert-OH is 1. The van der Waals surface area contributed by atoms with Crippen LogP contribution in [0.3, 0.4) is 0 Å². The van der Waals surface area contributed by atoms with Gasteiger partial charge in [-0.2, -0.15) is 4.98 Å². The molecule has 0 bridgehead atoms. The Balaban J connectivity index is 1.33. The Kier molecular flexibility index (Phi) is 4.75. The van der Waals surface area contributed by atoms with Crippen molar-refractivity contribution < 1.29 is 14.3 Å². The fourth-order valence-electron chi connectivity index (χ4n) is 4.94. The van der Waals surface area contributed by atoms with E-state index < -0.39 is 11.5 Å². The number of hydrogen-bond acceptors (Lipinski definition) is 7. The Morgan fingerprint density at radius 3 is 2.91 bits per heavy atom. The van der Waals surface area contributed by atoms with Crippen molar-refractivity contribution in [2.24, 2.45) is 0 Å². The number of benzene rings is 2. The quantitative estimate of drug-likeness (QED) is 0.416. The first-order chi connectivity index (χ1) is 16.8. The summed E-state index contributed by atoms with van der Waals surface area (Å²) in [5, 5.41) is 21.1. The predicted molar refractivity (Wildman–Crippen MR) is 129 cm³/mol. The molecule has 2 unspecified atom stereocenters. The van der Waals surface area contributed by atoms with E-state index in [1.807, 2.05) is 43.0 Å². The zero-order valence-corrected chi connectivity index (χ0v) is 19.2. The summed E-state index contributed by atoms with van der Waals surface area (Å²) >= 11 is 0. The Bertz CT molecular complexity index is 1470. The maximum atomic E-state index is 13.9. The Hall–Kier alpha value is -4.05. The van der Waals surface area contributed by atoms with Crippen molar-refractivity contribution in [3.8, 4) is 0 Å². The largest absolute Gasteiger partial charge is 0.391 e. The van der Waals surface area contributed by atoms with Gasteiger partial charge in [0.05, 0.1) is 17.6 Å². The Labute approximate surface area is 200 Å². The van der Waals surface area contributed by atoms with Crippen LogP contribution in [0.15, 0.2) is 54.9 Å². The van der Waals surface area contributed by atoms with Crippen molar-refractivity contribution in [1.29, 1.82) is 0 Å². The first-order valence-corrected chi connectivity index (χ1v) is 11.4. The van der Waals surface area contributed by atoms with Crippen LogP contribution in [-0.2, 0) is 10.2 Å². The van der Waals surface area contributed by atoms with Crippen molar-refractivity contribution in [3.05, 3.63) is 71.8 Å². The number of nitrogens with zero attached hydrogens (tertiary/aromatic N) is 5. The number of carbonyl (C=O) groups is 1. The first-order valence-electron chi connectivity index (χ1n) is 11.4. The van der Waals surface area contributed by atoms with Gasteiger partial charge in [-0.3, -0.25) is 4.79 Å².